The normalized spacial score (nSPS) is 21.2. The van der Waals surface area contributed by atoms with Crippen molar-refractivity contribution in [1.29, 1.82) is 5.41 Å². The SMILES string of the molecule is C1CN1.N=C1CCNC1=O. The van der Waals surface area contributed by atoms with E-state index in [0.717, 1.165) is 0 Å². The van der Waals surface area contributed by atoms with E-state index in [1.165, 1.54) is 13.1 Å². The zero-order chi connectivity index (χ0) is 7.40. The number of hydrogen-bond donors (Lipinski definition) is 3. The minimum absolute atomic E-state index is 0.208. The maximum Gasteiger partial charge on any atom is 0.265 e. The van der Waals surface area contributed by atoms with Gasteiger partial charge in [-0.3, -0.25) is 10.2 Å². The molecule has 0 spiro atoms. The van der Waals surface area contributed by atoms with Crippen LogP contribution in [0, 0.1) is 5.41 Å². The van der Waals surface area contributed by atoms with E-state index in [4.69, 9.17) is 5.41 Å². The zero-order valence-electron chi connectivity index (χ0n) is 5.74. The number of nitrogens with one attached hydrogen (secondary N) is 3. The van der Waals surface area contributed by atoms with Crippen LogP contribution in [-0.4, -0.2) is 31.3 Å². The van der Waals surface area contributed by atoms with Crippen LogP contribution in [0.3, 0.4) is 0 Å². The van der Waals surface area contributed by atoms with Gasteiger partial charge in [0.15, 0.2) is 0 Å². The fourth-order valence-electron chi connectivity index (χ4n) is 0.521. The molecule has 0 bridgehead atoms. The lowest BCUT2D eigenvalue weighted by molar-refractivity contribution is -0.114. The molecule has 2 heterocycles. The molecule has 0 radical (unpaired) electrons. The summed E-state index contributed by atoms with van der Waals surface area (Å²) in [4.78, 5) is 10.2. The molecule has 2 fully saturated rings. The Morgan fingerprint density at radius 3 is 2.00 bits per heavy atom. The minimum atomic E-state index is -0.208. The Morgan fingerprint density at radius 2 is 1.90 bits per heavy atom. The molecule has 0 aromatic rings. The lowest BCUT2D eigenvalue weighted by Gasteiger charge is -1.80. The maximum absolute atomic E-state index is 10.2. The van der Waals surface area contributed by atoms with Crippen molar-refractivity contribution in [1.82, 2.24) is 10.6 Å². The van der Waals surface area contributed by atoms with Gasteiger partial charge in [-0.15, -0.1) is 0 Å². The summed E-state index contributed by atoms with van der Waals surface area (Å²) in [5.41, 5.74) is 0.208. The summed E-state index contributed by atoms with van der Waals surface area (Å²) in [6.45, 7) is 3.15. The van der Waals surface area contributed by atoms with Gasteiger partial charge in [0, 0.05) is 26.1 Å². The monoisotopic (exact) mass is 141 g/mol. The number of rotatable bonds is 0. The maximum atomic E-state index is 10.2. The van der Waals surface area contributed by atoms with Crippen LogP contribution in [0.25, 0.3) is 0 Å². The summed E-state index contributed by atoms with van der Waals surface area (Å²) in [6, 6.07) is 0. The molecule has 10 heavy (non-hydrogen) atoms. The van der Waals surface area contributed by atoms with Gasteiger partial charge in [0.25, 0.3) is 5.91 Å². The highest BCUT2D eigenvalue weighted by Gasteiger charge is 2.14. The molecule has 0 aromatic carbocycles. The number of amides is 1. The van der Waals surface area contributed by atoms with E-state index in [1.807, 2.05) is 0 Å². The Kier molecular flexibility index (Phi) is 2.39. The van der Waals surface area contributed by atoms with Crippen LogP contribution in [-0.2, 0) is 4.79 Å². The van der Waals surface area contributed by atoms with Crippen molar-refractivity contribution in [2.24, 2.45) is 0 Å². The highest BCUT2D eigenvalue weighted by molar-refractivity contribution is 6.39. The first kappa shape index (κ1) is 7.21. The number of carbonyl (C=O) groups excluding carboxylic acids is 1. The average molecular weight is 141 g/mol. The summed E-state index contributed by atoms with van der Waals surface area (Å²) in [5, 5.41) is 12.3. The molecule has 4 heteroatoms. The van der Waals surface area contributed by atoms with Crippen LogP contribution in [0.4, 0.5) is 0 Å². The van der Waals surface area contributed by atoms with Crippen molar-refractivity contribution in [2.45, 2.75) is 6.42 Å². The third-order valence-corrected chi connectivity index (χ3v) is 1.18. The molecule has 2 rings (SSSR count). The lowest BCUT2D eigenvalue weighted by atomic mass is 10.3. The second kappa shape index (κ2) is 3.31. The van der Waals surface area contributed by atoms with Gasteiger partial charge < -0.3 is 10.6 Å². The quantitative estimate of drug-likeness (QED) is 0.383. The van der Waals surface area contributed by atoms with Crippen molar-refractivity contribution in [3.8, 4) is 0 Å². The average Bonchev–Trinajstić information content (AvgIpc) is 2.70. The number of hydrogen-bond acceptors (Lipinski definition) is 3. The molecular formula is C6H11N3O. The van der Waals surface area contributed by atoms with Gasteiger partial charge in [-0.2, -0.15) is 0 Å². The van der Waals surface area contributed by atoms with Crippen LogP contribution in [0.2, 0.25) is 0 Å². The van der Waals surface area contributed by atoms with Crippen LogP contribution < -0.4 is 10.6 Å². The third-order valence-electron chi connectivity index (χ3n) is 1.18. The van der Waals surface area contributed by atoms with Gasteiger partial charge in [-0.25, -0.2) is 0 Å². The Bertz CT molecular complexity index is 136. The summed E-state index contributed by atoms with van der Waals surface area (Å²) >= 11 is 0. The minimum Gasteiger partial charge on any atom is -0.351 e. The van der Waals surface area contributed by atoms with Crippen molar-refractivity contribution in [3.05, 3.63) is 0 Å². The fraction of sp³-hybridized carbons (Fsp3) is 0.667. The van der Waals surface area contributed by atoms with E-state index >= 15 is 0 Å². The molecule has 1 amide bonds. The van der Waals surface area contributed by atoms with Crippen LogP contribution in [0.15, 0.2) is 0 Å². The van der Waals surface area contributed by atoms with E-state index in [-0.39, 0.29) is 11.6 Å². The largest absolute Gasteiger partial charge is 0.351 e. The topological polar surface area (TPSA) is 74.9 Å². The molecular weight excluding hydrogens is 130 g/mol. The Labute approximate surface area is 59.5 Å². The first-order valence-electron chi connectivity index (χ1n) is 3.37. The van der Waals surface area contributed by atoms with Gasteiger partial charge in [0.1, 0.15) is 0 Å². The van der Waals surface area contributed by atoms with E-state index in [2.05, 4.69) is 10.6 Å². The van der Waals surface area contributed by atoms with Crippen LogP contribution in [0.5, 0.6) is 0 Å². The van der Waals surface area contributed by atoms with Gasteiger partial charge >= 0.3 is 0 Å². The molecule has 2 saturated heterocycles. The fourth-order valence-corrected chi connectivity index (χ4v) is 0.521. The first-order chi connectivity index (χ1) is 4.80. The van der Waals surface area contributed by atoms with Gasteiger partial charge in [0.05, 0.1) is 5.71 Å². The van der Waals surface area contributed by atoms with Gasteiger partial charge in [-0.05, 0) is 0 Å². The van der Waals surface area contributed by atoms with E-state index in [9.17, 15) is 4.79 Å². The highest BCUT2D eigenvalue weighted by atomic mass is 16.2. The molecule has 0 atom stereocenters. The van der Waals surface area contributed by atoms with Crippen molar-refractivity contribution < 1.29 is 4.79 Å². The lowest BCUT2D eigenvalue weighted by Crippen LogP contribution is -2.17. The number of carbonyl (C=O) groups is 1. The van der Waals surface area contributed by atoms with Crippen molar-refractivity contribution in [2.75, 3.05) is 19.6 Å². The molecule has 0 aliphatic carbocycles. The Balaban J connectivity index is 0.000000138. The summed E-state index contributed by atoms with van der Waals surface area (Å²) in [6.07, 6.45) is 0.596. The van der Waals surface area contributed by atoms with Crippen LogP contribution in [0.1, 0.15) is 6.42 Å². The van der Waals surface area contributed by atoms with E-state index in [0.29, 0.717) is 13.0 Å². The molecule has 3 N–H and O–H groups in total. The van der Waals surface area contributed by atoms with Gasteiger partial charge in [0.2, 0.25) is 0 Å². The van der Waals surface area contributed by atoms with E-state index < -0.39 is 0 Å². The van der Waals surface area contributed by atoms with Gasteiger partial charge in [-0.1, -0.05) is 0 Å². The van der Waals surface area contributed by atoms with Crippen molar-refractivity contribution in [3.63, 3.8) is 0 Å². The summed E-state index contributed by atoms with van der Waals surface area (Å²) in [7, 11) is 0. The Hall–Kier alpha value is -0.900. The summed E-state index contributed by atoms with van der Waals surface area (Å²) in [5.74, 6) is -0.208. The first-order valence-corrected chi connectivity index (χ1v) is 3.37. The molecule has 2 aliphatic heterocycles. The molecule has 0 unspecified atom stereocenters. The standard InChI is InChI=1S/C4H6N2O.C2H5N/c5-3-1-2-6-4(3)7;1-2-3-1/h5H,1-2H2,(H,6,7);3H,1-2H2. The second-order valence-corrected chi connectivity index (χ2v) is 2.23. The molecule has 0 aromatic heterocycles. The Morgan fingerprint density at radius 1 is 1.30 bits per heavy atom. The smallest absolute Gasteiger partial charge is 0.265 e. The predicted octanol–water partition coefficient (Wildman–Crippen LogP) is -0.884. The summed E-state index contributed by atoms with van der Waals surface area (Å²) < 4.78 is 0. The molecule has 0 saturated carbocycles. The molecule has 2 aliphatic rings. The second-order valence-electron chi connectivity index (χ2n) is 2.23. The predicted molar refractivity (Wildman–Crippen MR) is 38.2 cm³/mol. The van der Waals surface area contributed by atoms with Crippen molar-refractivity contribution >= 4 is 11.6 Å². The van der Waals surface area contributed by atoms with Crippen LogP contribution >= 0.6 is 0 Å². The van der Waals surface area contributed by atoms with E-state index in [1.54, 1.807) is 0 Å². The third kappa shape index (κ3) is 2.59. The highest BCUT2D eigenvalue weighted by Crippen LogP contribution is 1.89. The molecule has 56 valence electrons. The molecule has 4 nitrogen and oxygen atoms in total. The zero-order valence-corrected chi connectivity index (χ0v) is 5.74.